The molecule has 106 valence electrons. The van der Waals surface area contributed by atoms with Crippen LogP contribution in [0.25, 0.3) is 0 Å². The van der Waals surface area contributed by atoms with E-state index in [0.717, 1.165) is 6.07 Å². The summed E-state index contributed by atoms with van der Waals surface area (Å²) in [4.78, 5) is 0. The maximum atomic E-state index is 13.9. The Labute approximate surface area is 115 Å². The van der Waals surface area contributed by atoms with Gasteiger partial charge in [0.05, 0.1) is 18.8 Å². The summed E-state index contributed by atoms with van der Waals surface area (Å²) in [7, 11) is 1.49. The van der Waals surface area contributed by atoms with Gasteiger partial charge in [-0.25, -0.2) is 8.78 Å². The highest BCUT2D eigenvalue weighted by Gasteiger charge is 2.19. The second kappa shape index (κ2) is 6.38. The molecule has 1 aromatic carbocycles. The first-order chi connectivity index (χ1) is 9.65. The van der Waals surface area contributed by atoms with Crippen LogP contribution in [-0.2, 0) is 0 Å². The Morgan fingerprint density at radius 2 is 2.00 bits per heavy atom. The SMILES string of the molecule is CCNC(c1ccc(OC)nn1)c1ccc(F)cc1F. The standard InChI is InChI=1S/C14H15F2N3O/c1-3-17-14(10-5-4-9(15)8-11(10)16)12-6-7-13(20-2)19-18-12/h4-8,14,17H,3H2,1-2H3. The molecule has 4 nitrogen and oxygen atoms in total. The van der Waals surface area contributed by atoms with Crippen LogP contribution >= 0.6 is 0 Å². The van der Waals surface area contributed by atoms with Gasteiger partial charge in [0.25, 0.3) is 0 Å². The fourth-order valence-corrected chi connectivity index (χ4v) is 1.91. The zero-order valence-electron chi connectivity index (χ0n) is 11.2. The normalized spacial score (nSPS) is 12.2. The average molecular weight is 279 g/mol. The molecule has 1 N–H and O–H groups in total. The van der Waals surface area contributed by atoms with E-state index in [1.54, 1.807) is 12.1 Å². The van der Waals surface area contributed by atoms with E-state index in [9.17, 15) is 8.78 Å². The van der Waals surface area contributed by atoms with Gasteiger partial charge < -0.3 is 10.1 Å². The lowest BCUT2D eigenvalue weighted by Gasteiger charge is -2.18. The Morgan fingerprint density at radius 1 is 1.20 bits per heavy atom. The van der Waals surface area contributed by atoms with Crippen molar-refractivity contribution in [3.63, 3.8) is 0 Å². The first-order valence-corrected chi connectivity index (χ1v) is 6.21. The molecular weight excluding hydrogens is 264 g/mol. The third kappa shape index (κ3) is 3.08. The molecule has 0 amide bonds. The molecule has 1 unspecified atom stereocenters. The summed E-state index contributed by atoms with van der Waals surface area (Å²) in [5.74, 6) is -0.848. The fourth-order valence-electron chi connectivity index (χ4n) is 1.91. The maximum absolute atomic E-state index is 13.9. The lowest BCUT2D eigenvalue weighted by atomic mass is 10.0. The van der Waals surface area contributed by atoms with E-state index in [-0.39, 0.29) is 0 Å². The van der Waals surface area contributed by atoms with Crippen LogP contribution in [0.4, 0.5) is 8.78 Å². The molecule has 0 fully saturated rings. The number of hydrogen-bond acceptors (Lipinski definition) is 4. The van der Waals surface area contributed by atoms with Crippen LogP contribution in [0, 0.1) is 11.6 Å². The molecule has 1 heterocycles. The highest BCUT2D eigenvalue weighted by Crippen LogP contribution is 2.24. The summed E-state index contributed by atoms with van der Waals surface area (Å²) in [6.45, 7) is 2.50. The monoisotopic (exact) mass is 279 g/mol. The summed E-state index contributed by atoms with van der Waals surface area (Å²) in [6.07, 6.45) is 0. The number of benzene rings is 1. The van der Waals surface area contributed by atoms with E-state index in [4.69, 9.17) is 4.74 Å². The summed E-state index contributed by atoms with van der Waals surface area (Å²) in [6, 6.07) is 6.34. The van der Waals surface area contributed by atoms with Crippen LogP contribution in [-0.4, -0.2) is 23.9 Å². The minimum Gasteiger partial charge on any atom is -0.480 e. The van der Waals surface area contributed by atoms with Crippen molar-refractivity contribution in [3.05, 3.63) is 53.2 Å². The Hall–Kier alpha value is -2.08. The van der Waals surface area contributed by atoms with Gasteiger partial charge in [-0.05, 0) is 18.7 Å². The first-order valence-electron chi connectivity index (χ1n) is 6.21. The average Bonchev–Trinajstić information content (AvgIpc) is 2.46. The first kappa shape index (κ1) is 14.3. The van der Waals surface area contributed by atoms with Crippen LogP contribution in [0.5, 0.6) is 5.88 Å². The molecular formula is C14H15F2N3O. The Morgan fingerprint density at radius 3 is 2.55 bits per heavy atom. The van der Waals surface area contributed by atoms with Crippen LogP contribution in [0.3, 0.4) is 0 Å². The maximum Gasteiger partial charge on any atom is 0.233 e. The van der Waals surface area contributed by atoms with Crippen LogP contribution in [0.15, 0.2) is 30.3 Å². The molecule has 0 aliphatic rings. The lowest BCUT2D eigenvalue weighted by molar-refractivity contribution is 0.390. The molecule has 0 spiro atoms. The van der Waals surface area contributed by atoms with E-state index in [0.29, 0.717) is 23.7 Å². The minimum atomic E-state index is -0.617. The van der Waals surface area contributed by atoms with Crippen molar-refractivity contribution in [2.75, 3.05) is 13.7 Å². The van der Waals surface area contributed by atoms with Gasteiger partial charge in [-0.1, -0.05) is 13.0 Å². The number of halogens is 2. The number of ether oxygens (including phenoxy) is 1. The van der Waals surface area contributed by atoms with Crippen molar-refractivity contribution in [1.82, 2.24) is 15.5 Å². The van der Waals surface area contributed by atoms with Gasteiger partial charge in [0, 0.05) is 17.7 Å². The summed E-state index contributed by atoms with van der Waals surface area (Å²) in [5.41, 5.74) is 0.867. The van der Waals surface area contributed by atoms with Crippen molar-refractivity contribution in [2.24, 2.45) is 0 Å². The number of hydrogen-bond donors (Lipinski definition) is 1. The zero-order valence-corrected chi connectivity index (χ0v) is 11.2. The van der Waals surface area contributed by atoms with Crippen molar-refractivity contribution in [3.8, 4) is 5.88 Å². The highest BCUT2D eigenvalue weighted by atomic mass is 19.1. The largest absolute Gasteiger partial charge is 0.480 e. The van der Waals surface area contributed by atoms with Gasteiger partial charge >= 0.3 is 0 Å². The second-order valence-electron chi connectivity index (χ2n) is 4.16. The third-order valence-electron chi connectivity index (χ3n) is 2.85. The van der Waals surface area contributed by atoms with Gasteiger partial charge in [0.1, 0.15) is 11.6 Å². The van der Waals surface area contributed by atoms with Gasteiger partial charge in [-0.2, -0.15) is 0 Å². The number of rotatable bonds is 5. The van der Waals surface area contributed by atoms with E-state index in [1.807, 2.05) is 6.92 Å². The van der Waals surface area contributed by atoms with Crippen LogP contribution in [0.2, 0.25) is 0 Å². The van der Waals surface area contributed by atoms with Gasteiger partial charge in [0.2, 0.25) is 5.88 Å². The molecule has 0 saturated heterocycles. The molecule has 1 aromatic heterocycles. The molecule has 0 bridgehead atoms. The molecule has 0 aliphatic carbocycles. The Bertz CT molecular complexity index is 575. The molecule has 0 saturated carbocycles. The number of methoxy groups -OCH3 is 1. The van der Waals surface area contributed by atoms with Crippen molar-refractivity contribution in [1.29, 1.82) is 0 Å². The molecule has 0 radical (unpaired) electrons. The number of nitrogens with one attached hydrogen (secondary N) is 1. The predicted molar refractivity (Wildman–Crippen MR) is 70.5 cm³/mol. The number of nitrogens with zero attached hydrogens (tertiary/aromatic N) is 2. The minimum absolute atomic E-state index is 0.327. The van der Waals surface area contributed by atoms with E-state index < -0.39 is 17.7 Å². The molecule has 2 rings (SSSR count). The van der Waals surface area contributed by atoms with Gasteiger partial charge in [-0.15, -0.1) is 10.2 Å². The molecule has 6 heteroatoms. The Kier molecular flexibility index (Phi) is 4.57. The topological polar surface area (TPSA) is 47.0 Å². The van der Waals surface area contributed by atoms with Crippen molar-refractivity contribution >= 4 is 0 Å². The quantitative estimate of drug-likeness (QED) is 0.913. The molecule has 20 heavy (non-hydrogen) atoms. The van der Waals surface area contributed by atoms with E-state index >= 15 is 0 Å². The highest BCUT2D eigenvalue weighted by molar-refractivity contribution is 5.29. The summed E-state index contributed by atoms with van der Waals surface area (Å²) in [5, 5.41) is 11.0. The molecule has 1 atom stereocenters. The van der Waals surface area contributed by atoms with Crippen molar-refractivity contribution < 1.29 is 13.5 Å². The van der Waals surface area contributed by atoms with Crippen molar-refractivity contribution in [2.45, 2.75) is 13.0 Å². The summed E-state index contributed by atoms with van der Waals surface area (Å²) < 4.78 is 31.8. The third-order valence-corrected chi connectivity index (χ3v) is 2.85. The lowest BCUT2D eigenvalue weighted by Crippen LogP contribution is -2.24. The predicted octanol–water partition coefficient (Wildman–Crippen LogP) is 2.46. The van der Waals surface area contributed by atoms with E-state index in [2.05, 4.69) is 15.5 Å². The fraction of sp³-hybridized carbons (Fsp3) is 0.286. The van der Waals surface area contributed by atoms with Crippen LogP contribution < -0.4 is 10.1 Å². The van der Waals surface area contributed by atoms with Gasteiger partial charge in [0.15, 0.2) is 0 Å². The van der Waals surface area contributed by atoms with E-state index in [1.165, 1.54) is 19.2 Å². The Balaban J connectivity index is 2.38. The second-order valence-corrected chi connectivity index (χ2v) is 4.16. The van der Waals surface area contributed by atoms with Gasteiger partial charge in [-0.3, -0.25) is 0 Å². The summed E-state index contributed by atoms with van der Waals surface area (Å²) >= 11 is 0. The smallest absolute Gasteiger partial charge is 0.233 e. The van der Waals surface area contributed by atoms with Crippen LogP contribution in [0.1, 0.15) is 24.2 Å². The molecule has 2 aromatic rings. The zero-order chi connectivity index (χ0) is 14.5. The molecule has 0 aliphatic heterocycles. The number of aromatic nitrogens is 2.